The average Bonchev–Trinajstić information content (AvgIpc) is 2.83. The Hall–Kier alpha value is -1.98. The molecule has 1 aromatic carbocycles. The van der Waals surface area contributed by atoms with Crippen molar-refractivity contribution < 1.29 is 14.3 Å². The molecule has 3 aromatic rings. The van der Waals surface area contributed by atoms with Crippen LogP contribution in [-0.2, 0) is 0 Å². The lowest BCUT2D eigenvalue weighted by atomic mass is 10.1. The summed E-state index contributed by atoms with van der Waals surface area (Å²) < 4.78 is 13.9. The minimum atomic E-state index is -1.08. The lowest BCUT2D eigenvalue weighted by molar-refractivity contribution is 0.0699. The number of aromatic nitrogens is 1. The summed E-state index contributed by atoms with van der Waals surface area (Å²) >= 11 is 7.20. The third-order valence-electron chi connectivity index (χ3n) is 2.87. The van der Waals surface area contributed by atoms with Crippen molar-refractivity contribution in [3.63, 3.8) is 0 Å². The van der Waals surface area contributed by atoms with Crippen LogP contribution in [0, 0.1) is 5.82 Å². The van der Waals surface area contributed by atoms with E-state index in [9.17, 15) is 14.3 Å². The van der Waals surface area contributed by atoms with E-state index in [0.717, 1.165) is 0 Å². The van der Waals surface area contributed by atoms with E-state index in [1.165, 1.54) is 35.6 Å². The van der Waals surface area contributed by atoms with Gasteiger partial charge >= 0.3 is 5.97 Å². The summed E-state index contributed by atoms with van der Waals surface area (Å²) in [6.07, 6.45) is 0. The predicted octanol–water partition coefficient (Wildman–Crippen LogP) is 4.45. The summed E-state index contributed by atoms with van der Waals surface area (Å²) in [6.45, 7) is 0. The Labute approximate surface area is 122 Å². The van der Waals surface area contributed by atoms with Gasteiger partial charge in [-0.05, 0) is 24.3 Å². The molecule has 0 saturated heterocycles. The van der Waals surface area contributed by atoms with Crippen molar-refractivity contribution in [2.24, 2.45) is 0 Å². The number of thiophene rings is 1. The Balaban J connectivity index is 2.32. The summed E-state index contributed by atoms with van der Waals surface area (Å²) in [7, 11) is 0. The monoisotopic (exact) mass is 307 g/mol. The molecular weight excluding hydrogens is 301 g/mol. The summed E-state index contributed by atoms with van der Waals surface area (Å²) in [4.78, 5) is 15.7. The second-order valence-corrected chi connectivity index (χ2v) is 5.70. The van der Waals surface area contributed by atoms with Crippen molar-refractivity contribution in [1.29, 1.82) is 0 Å². The van der Waals surface area contributed by atoms with Crippen LogP contribution in [0.15, 0.2) is 35.7 Å². The Kier molecular flexibility index (Phi) is 3.16. The molecule has 3 nitrogen and oxygen atoms in total. The first-order valence-electron chi connectivity index (χ1n) is 5.62. The van der Waals surface area contributed by atoms with E-state index in [4.69, 9.17) is 11.6 Å². The molecule has 2 aromatic heterocycles. The van der Waals surface area contributed by atoms with Gasteiger partial charge in [0.1, 0.15) is 5.82 Å². The smallest absolute Gasteiger partial charge is 0.336 e. The zero-order valence-electron chi connectivity index (χ0n) is 9.93. The van der Waals surface area contributed by atoms with Crippen LogP contribution >= 0.6 is 22.9 Å². The Morgan fingerprint density at radius 2 is 2.10 bits per heavy atom. The van der Waals surface area contributed by atoms with Gasteiger partial charge in [-0.25, -0.2) is 14.2 Å². The zero-order chi connectivity index (χ0) is 14.3. The third-order valence-corrected chi connectivity index (χ3v) is 3.96. The predicted molar refractivity (Wildman–Crippen MR) is 77.0 cm³/mol. The van der Waals surface area contributed by atoms with Crippen molar-refractivity contribution in [3.05, 3.63) is 51.4 Å². The van der Waals surface area contributed by atoms with Crippen molar-refractivity contribution in [1.82, 2.24) is 4.98 Å². The second-order valence-electron chi connectivity index (χ2n) is 4.16. The Bertz CT molecular complexity index is 831. The highest BCUT2D eigenvalue weighted by Gasteiger charge is 2.14. The fourth-order valence-corrected chi connectivity index (χ4v) is 2.85. The largest absolute Gasteiger partial charge is 0.478 e. The molecule has 0 atom stereocenters. The first-order valence-corrected chi connectivity index (χ1v) is 6.88. The molecule has 0 bridgehead atoms. The molecule has 0 aliphatic rings. The van der Waals surface area contributed by atoms with Crippen LogP contribution < -0.4 is 0 Å². The number of aromatic carboxylic acids is 1. The maximum atomic E-state index is 13.3. The zero-order valence-corrected chi connectivity index (χ0v) is 11.5. The lowest BCUT2D eigenvalue weighted by Crippen LogP contribution is -2.00. The van der Waals surface area contributed by atoms with Crippen molar-refractivity contribution in [3.8, 4) is 11.3 Å². The van der Waals surface area contributed by atoms with E-state index in [1.54, 1.807) is 11.4 Å². The van der Waals surface area contributed by atoms with Gasteiger partial charge in [0, 0.05) is 22.4 Å². The van der Waals surface area contributed by atoms with Crippen LogP contribution in [-0.4, -0.2) is 16.1 Å². The summed E-state index contributed by atoms with van der Waals surface area (Å²) in [5, 5.41) is 11.5. The van der Waals surface area contributed by atoms with Crippen LogP contribution in [0.4, 0.5) is 4.39 Å². The van der Waals surface area contributed by atoms with Crippen molar-refractivity contribution >= 4 is 39.8 Å². The summed E-state index contributed by atoms with van der Waals surface area (Å²) in [5.41, 5.74) is 1.58. The van der Waals surface area contributed by atoms with E-state index in [1.807, 2.05) is 0 Å². The highest BCUT2D eigenvalue weighted by atomic mass is 35.5. The Morgan fingerprint density at radius 1 is 1.30 bits per heavy atom. The van der Waals surface area contributed by atoms with Gasteiger partial charge in [-0.2, -0.15) is 0 Å². The van der Waals surface area contributed by atoms with Gasteiger partial charge in [-0.3, -0.25) is 0 Å². The van der Waals surface area contributed by atoms with E-state index in [2.05, 4.69) is 4.98 Å². The van der Waals surface area contributed by atoms with Gasteiger partial charge in [-0.15, -0.1) is 11.3 Å². The molecule has 0 unspecified atom stereocenters. The van der Waals surface area contributed by atoms with Gasteiger partial charge in [0.2, 0.25) is 0 Å². The number of rotatable bonds is 2. The maximum absolute atomic E-state index is 13.3. The van der Waals surface area contributed by atoms with Crippen LogP contribution in [0.25, 0.3) is 22.2 Å². The summed E-state index contributed by atoms with van der Waals surface area (Å²) in [6, 6.07) is 7.04. The number of hydrogen-bond donors (Lipinski definition) is 1. The molecule has 0 spiro atoms. The highest BCUT2D eigenvalue weighted by Crippen LogP contribution is 2.30. The van der Waals surface area contributed by atoms with Gasteiger partial charge < -0.3 is 5.11 Å². The molecule has 100 valence electrons. The van der Waals surface area contributed by atoms with E-state index < -0.39 is 11.8 Å². The molecule has 0 aliphatic carbocycles. The van der Waals surface area contributed by atoms with Crippen LogP contribution in [0.3, 0.4) is 0 Å². The molecule has 0 fully saturated rings. The van der Waals surface area contributed by atoms with E-state index >= 15 is 0 Å². The van der Waals surface area contributed by atoms with Gasteiger partial charge in [0.05, 0.1) is 21.1 Å². The molecular formula is C14H7ClFNO2S. The molecule has 0 aliphatic heterocycles. The number of carboxylic acids is 1. The highest BCUT2D eigenvalue weighted by molar-refractivity contribution is 7.14. The Morgan fingerprint density at radius 3 is 2.75 bits per heavy atom. The lowest BCUT2D eigenvalue weighted by Gasteiger charge is -2.06. The molecule has 0 radical (unpaired) electrons. The summed E-state index contributed by atoms with van der Waals surface area (Å²) in [5.74, 6) is -1.53. The maximum Gasteiger partial charge on any atom is 0.336 e. The quantitative estimate of drug-likeness (QED) is 0.760. The van der Waals surface area contributed by atoms with Crippen LogP contribution in [0.2, 0.25) is 4.34 Å². The minimum Gasteiger partial charge on any atom is -0.478 e. The topological polar surface area (TPSA) is 50.2 Å². The fourth-order valence-electron chi connectivity index (χ4n) is 1.97. The fraction of sp³-hybridized carbons (Fsp3) is 0. The third kappa shape index (κ3) is 2.26. The van der Waals surface area contributed by atoms with E-state index in [0.29, 0.717) is 26.5 Å². The number of fused-ring (bicyclic) bond motifs is 1. The van der Waals surface area contributed by atoms with Gasteiger partial charge in [-0.1, -0.05) is 11.6 Å². The molecule has 0 saturated carbocycles. The first-order chi connectivity index (χ1) is 9.54. The SMILES string of the molecule is O=C(O)c1cc(-c2csc(Cl)c2)nc2cc(F)ccc12. The molecule has 20 heavy (non-hydrogen) atoms. The van der Waals surface area contributed by atoms with E-state index in [-0.39, 0.29) is 5.56 Å². The number of carbonyl (C=O) groups is 1. The minimum absolute atomic E-state index is 0.0901. The standard InChI is InChI=1S/C14H7ClFNO2S/c15-13-3-7(6-20-13)11-5-10(14(18)19)9-2-1-8(16)4-12(9)17-11/h1-6H,(H,18,19). The van der Waals surface area contributed by atoms with Gasteiger partial charge in [0.25, 0.3) is 0 Å². The van der Waals surface area contributed by atoms with Crippen molar-refractivity contribution in [2.75, 3.05) is 0 Å². The average molecular weight is 308 g/mol. The molecule has 3 rings (SSSR count). The first kappa shape index (κ1) is 13.0. The number of carboxylic acid groups (broad SMARTS) is 1. The van der Waals surface area contributed by atoms with Gasteiger partial charge in [0.15, 0.2) is 0 Å². The molecule has 6 heteroatoms. The number of benzene rings is 1. The van der Waals surface area contributed by atoms with Crippen molar-refractivity contribution in [2.45, 2.75) is 0 Å². The number of hydrogen-bond acceptors (Lipinski definition) is 3. The molecule has 2 heterocycles. The number of pyridine rings is 1. The normalized spacial score (nSPS) is 10.9. The molecule has 0 amide bonds. The molecule has 1 N–H and O–H groups in total. The second kappa shape index (κ2) is 4.85. The van der Waals surface area contributed by atoms with Crippen LogP contribution in [0.1, 0.15) is 10.4 Å². The number of halogens is 2. The van der Waals surface area contributed by atoms with Crippen LogP contribution in [0.5, 0.6) is 0 Å². The number of nitrogens with zero attached hydrogens (tertiary/aromatic N) is 1.